The van der Waals surface area contributed by atoms with Crippen LogP contribution in [0.3, 0.4) is 0 Å². The summed E-state index contributed by atoms with van der Waals surface area (Å²) in [5.74, 6) is 0.913. The predicted molar refractivity (Wildman–Crippen MR) is 75.9 cm³/mol. The Kier molecular flexibility index (Phi) is 3.53. The molecule has 0 fully saturated rings. The van der Waals surface area contributed by atoms with Gasteiger partial charge in [0.15, 0.2) is 0 Å². The fourth-order valence-corrected chi connectivity index (χ4v) is 3.71. The van der Waals surface area contributed by atoms with E-state index < -0.39 is 0 Å². The quantitative estimate of drug-likeness (QED) is 0.936. The maximum absolute atomic E-state index is 9.70. The summed E-state index contributed by atoms with van der Waals surface area (Å²) in [7, 11) is 1.70. The van der Waals surface area contributed by atoms with Gasteiger partial charge in [0.25, 0.3) is 0 Å². The van der Waals surface area contributed by atoms with Crippen molar-refractivity contribution in [2.45, 2.75) is 31.8 Å². The van der Waals surface area contributed by atoms with Crippen LogP contribution in [0.5, 0.6) is 5.75 Å². The number of nitrogens with zero attached hydrogens (tertiary/aromatic N) is 1. The van der Waals surface area contributed by atoms with Gasteiger partial charge in [0.2, 0.25) is 0 Å². The molecule has 3 nitrogen and oxygen atoms in total. The summed E-state index contributed by atoms with van der Waals surface area (Å²) in [6.07, 6.45) is 3.12. The first-order valence-electron chi connectivity index (χ1n) is 6.53. The molecular weight excluding hydrogens is 258 g/mol. The normalized spacial score (nSPS) is 18.1. The lowest BCUT2D eigenvalue weighted by molar-refractivity contribution is 0.159. The average molecular weight is 275 g/mol. The number of methoxy groups -OCH3 is 1. The van der Waals surface area contributed by atoms with Crippen molar-refractivity contribution in [3.8, 4) is 5.75 Å². The second-order valence-electron chi connectivity index (χ2n) is 4.86. The number of ether oxygens (including phenoxy) is 1. The van der Waals surface area contributed by atoms with E-state index in [-0.39, 0.29) is 6.10 Å². The first-order valence-corrected chi connectivity index (χ1v) is 7.35. The average Bonchev–Trinajstić information content (AvgIpc) is 2.80. The standard InChI is InChI=1S/C15H17NO2S/c1-18-13-5-3-2-4-10(13)8-15-16-12-7-6-11(17)9-14(12)19-15/h2-5,11,17H,6-9H2,1H3. The summed E-state index contributed by atoms with van der Waals surface area (Å²) in [4.78, 5) is 5.96. The molecule has 0 spiro atoms. The van der Waals surface area contributed by atoms with Crippen molar-refractivity contribution in [2.75, 3.05) is 7.11 Å². The van der Waals surface area contributed by atoms with Crippen LogP contribution in [0.15, 0.2) is 24.3 Å². The largest absolute Gasteiger partial charge is 0.496 e. The van der Waals surface area contributed by atoms with Crippen molar-refractivity contribution in [3.05, 3.63) is 45.4 Å². The molecule has 1 aliphatic rings. The number of aliphatic hydroxyl groups is 1. The van der Waals surface area contributed by atoms with Gasteiger partial charge in [-0.3, -0.25) is 0 Å². The van der Waals surface area contributed by atoms with Gasteiger partial charge in [0, 0.05) is 23.3 Å². The highest BCUT2D eigenvalue weighted by Gasteiger charge is 2.21. The van der Waals surface area contributed by atoms with Gasteiger partial charge in [0.05, 0.1) is 23.9 Å². The Morgan fingerprint density at radius 3 is 3.11 bits per heavy atom. The van der Waals surface area contributed by atoms with Gasteiger partial charge in [0.1, 0.15) is 5.75 Å². The molecule has 1 aromatic carbocycles. The highest BCUT2D eigenvalue weighted by atomic mass is 32.1. The van der Waals surface area contributed by atoms with E-state index >= 15 is 0 Å². The zero-order valence-electron chi connectivity index (χ0n) is 10.9. The molecule has 4 heteroatoms. The lowest BCUT2D eigenvalue weighted by Crippen LogP contribution is -2.17. The van der Waals surface area contributed by atoms with Gasteiger partial charge in [-0.2, -0.15) is 0 Å². The minimum Gasteiger partial charge on any atom is -0.496 e. The van der Waals surface area contributed by atoms with Gasteiger partial charge >= 0.3 is 0 Å². The molecule has 2 aromatic rings. The van der Waals surface area contributed by atoms with Crippen molar-refractivity contribution >= 4 is 11.3 Å². The van der Waals surface area contributed by atoms with Crippen molar-refractivity contribution in [1.82, 2.24) is 4.98 Å². The van der Waals surface area contributed by atoms with E-state index in [2.05, 4.69) is 6.07 Å². The first kappa shape index (κ1) is 12.6. The molecule has 0 bridgehead atoms. The summed E-state index contributed by atoms with van der Waals surface area (Å²) >= 11 is 1.73. The van der Waals surface area contributed by atoms with Gasteiger partial charge in [-0.15, -0.1) is 11.3 Å². The second kappa shape index (κ2) is 5.31. The Balaban J connectivity index is 1.84. The van der Waals surface area contributed by atoms with E-state index in [1.54, 1.807) is 18.4 Å². The lowest BCUT2D eigenvalue weighted by Gasteiger charge is -2.14. The molecule has 1 atom stereocenters. The number of thiazole rings is 1. The lowest BCUT2D eigenvalue weighted by atomic mass is 10.0. The molecule has 19 heavy (non-hydrogen) atoms. The molecule has 1 heterocycles. The Labute approximate surface area is 116 Å². The summed E-state index contributed by atoms with van der Waals surface area (Å²) in [6, 6.07) is 8.06. The van der Waals surface area contributed by atoms with Crippen LogP contribution >= 0.6 is 11.3 Å². The Morgan fingerprint density at radius 1 is 1.42 bits per heavy atom. The van der Waals surface area contributed by atoms with E-state index in [9.17, 15) is 5.11 Å². The van der Waals surface area contributed by atoms with Gasteiger partial charge < -0.3 is 9.84 Å². The number of fused-ring (bicyclic) bond motifs is 1. The molecule has 0 radical (unpaired) electrons. The molecule has 0 saturated carbocycles. The van der Waals surface area contributed by atoms with E-state index in [4.69, 9.17) is 9.72 Å². The summed E-state index contributed by atoms with van der Waals surface area (Å²) in [5.41, 5.74) is 2.34. The zero-order valence-corrected chi connectivity index (χ0v) is 11.7. The Hall–Kier alpha value is -1.39. The molecule has 1 N–H and O–H groups in total. The van der Waals surface area contributed by atoms with Gasteiger partial charge in [-0.25, -0.2) is 4.98 Å². The number of aromatic nitrogens is 1. The van der Waals surface area contributed by atoms with E-state index in [0.29, 0.717) is 0 Å². The number of rotatable bonds is 3. The number of para-hydroxylation sites is 1. The third-order valence-corrected chi connectivity index (χ3v) is 4.61. The number of aryl methyl sites for hydroxylation is 1. The van der Waals surface area contributed by atoms with Crippen LogP contribution in [-0.4, -0.2) is 23.3 Å². The fraction of sp³-hybridized carbons (Fsp3) is 0.400. The van der Waals surface area contributed by atoms with Crippen LogP contribution < -0.4 is 4.74 Å². The van der Waals surface area contributed by atoms with E-state index in [0.717, 1.165) is 42.0 Å². The number of benzene rings is 1. The maximum atomic E-state index is 9.70. The zero-order chi connectivity index (χ0) is 13.2. The van der Waals surface area contributed by atoms with Crippen molar-refractivity contribution < 1.29 is 9.84 Å². The van der Waals surface area contributed by atoms with Gasteiger partial charge in [-0.05, 0) is 18.9 Å². The molecule has 0 aliphatic heterocycles. The summed E-state index contributed by atoms with van der Waals surface area (Å²) < 4.78 is 5.37. The molecule has 1 unspecified atom stereocenters. The van der Waals surface area contributed by atoms with Crippen LogP contribution in [0.25, 0.3) is 0 Å². The van der Waals surface area contributed by atoms with Crippen LogP contribution in [0, 0.1) is 0 Å². The third kappa shape index (κ3) is 2.65. The molecule has 100 valence electrons. The van der Waals surface area contributed by atoms with Gasteiger partial charge in [-0.1, -0.05) is 18.2 Å². The van der Waals surface area contributed by atoms with Crippen LogP contribution in [0.4, 0.5) is 0 Å². The molecule has 1 aromatic heterocycles. The monoisotopic (exact) mass is 275 g/mol. The molecule has 0 amide bonds. The second-order valence-corrected chi connectivity index (χ2v) is 6.03. The predicted octanol–water partition coefficient (Wildman–Crippen LogP) is 2.59. The van der Waals surface area contributed by atoms with Crippen LogP contribution in [0.2, 0.25) is 0 Å². The Morgan fingerprint density at radius 2 is 2.26 bits per heavy atom. The number of aliphatic hydroxyl groups excluding tert-OH is 1. The Bertz CT molecular complexity index is 579. The third-order valence-electron chi connectivity index (χ3n) is 3.49. The minimum absolute atomic E-state index is 0.188. The minimum atomic E-state index is -0.188. The van der Waals surface area contributed by atoms with Crippen molar-refractivity contribution in [1.29, 1.82) is 0 Å². The number of hydrogen-bond acceptors (Lipinski definition) is 4. The fourth-order valence-electron chi connectivity index (χ4n) is 2.50. The number of hydrogen-bond donors (Lipinski definition) is 1. The molecular formula is C15H17NO2S. The summed E-state index contributed by atoms with van der Waals surface area (Å²) in [5, 5.41) is 10.8. The molecule has 3 rings (SSSR count). The maximum Gasteiger partial charge on any atom is 0.122 e. The smallest absolute Gasteiger partial charge is 0.122 e. The van der Waals surface area contributed by atoms with Crippen molar-refractivity contribution in [2.24, 2.45) is 0 Å². The highest BCUT2D eigenvalue weighted by Crippen LogP contribution is 2.29. The van der Waals surface area contributed by atoms with Crippen molar-refractivity contribution in [3.63, 3.8) is 0 Å². The highest BCUT2D eigenvalue weighted by molar-refractivity contribution is 7.11. The topological polar surface area (TPSA) is 42.4 Å². The summed E-state index contributed by atoms with van der Waals surface area (Å²) in [6.45, 7) is 0. The SMILES string of the molecule is COc1ccccc1Cc1nc2c(s1)CC(O)CC2. The van der Waals surface area contributed by atoms with Crippen LogP contribution in [0.1, 0.15) is 27.6 Å². The van der Waals surface area contributed by atoms with E-state index in [1.165, 1.54) is 10.6 Å². The van der Waals surface area contributed by atoms with Crippen LogP contribution in [-0.2, 0) is 19.3 Å². The first-order chi connectivity index (χ1) is 9.26. The molecule has 1 aliphatic carbocycles. The van der Waals surface area contributed by atoms with E-state index in [1.807, 2.05) is 18.2 Å². The molecule has 0 saturated heterocycles.